The van der Waals surface area contributed by atoms with E-state index in [0.717, 1.165) is 42.6 Å². The highest BCUT2D eigenvalue weighted by molar-refractivity contribution is 6.62. The summed E-state index contributed by atoms with van der Waals surface area (Å²) >= 11 is 0. The number of nitrogens with zero attached hydrogens (tertiary/aromatic N) is 3. The zero-order valence-corrected chi connectivity index (χ0v) is 25.2. The summed E-state index contributed by atoms with van der Waals surface area (Å²) < 4.78 is 25.6. The molecule has 1 saturated carbocycles. The minimum atomic E-state index is -0.655. The highest BCUT2D eigenvalue weighted by Crippen LogP contribution is 2.51. The number of likely N-dealkylation sites (tertiary alicyclic amines) is 2. The van der Waals surface area contributed by atoms with Gasteiger partial charge in [0.1, 0.15) is 0 Å². The average Bonchev–Trinajstić information content (AvgIpc) is 3.29. The maximum absolute atomic E-state index is 14.5. The Morgan fingerprint density at radius 2 is 1.63 bits per heavy atom. The quantitative estimate of drug-likeness (QED) is 0.384. The molecule has 6 rings (SSSR count). The first kappa shape index (κ1) is 28.9. The number of piperidine rings is 2. The van der Waals surface area contributed by atoms with Crippen LogP contribution in [0.2, 0.25) is 0 Å². The number of hydrogen-bond acceptors (Lipinski definition) is 5. The fraction of sp³-hybridized carbons (Fsp3) is 0.688. The van der Waals surface area contributed by atoms with Crippen LogP contribution in [0.1, 0.15) is 84.6 Å². The normalized spacial score (nSPS) is 28.6. The molecular formula is C32H45BFN3O4. The topological polar surface area (TPSA) is 62.3 Å². The van der Waals surface area contributed by atoms with Gasteiger partial charge < -0.3 is 24.0 Å². The van der Waals surface area contributed by atoms with Crippen LogP contribution in [0, 0.1) is 0 Å². The van der Waals surface area contributed by atoms with Crippen LogP contribution in [-0.2, 0) is 24.3 Å². The number of rotatable bonds is 6. The van der Waals surface area contributed by atoms with Gasteiger partial charge in [0.05, 0.1) is 23.3 Å². The molecule has 7 nitrogen and oxygen atoms in total. The molecular weight excluding hydrogens is 520 g/mol. The summed E-state index contributed by atoms with van der Waals surface area (Å²) in [6.45, 7) is 14.7. The summed E-state index contributed by atoms with van der Waals surface area (Å²) in [5.74, 6) is -0.0325. The van der Waals surface area contributed by atoms with Gasteiger partial charge in [0.2, 0.25) is 11.8 Å². The largest absolute Gasteiger partial charge is 0.494 e. The molecule has 0 radical (unpaired) electrons. The number of fused-ring (bicyclic) bond motifs is 2. The predicted molar refractivity (Wildman–Crippen MR) is 159 cm³/mol. The van der Waals surface area contributed by atoms with Gasteiger partial charge in [0, 0.05) is 42.9 Å². The Bertz CT molecular complexity index is 1200. The third kappa shape index (κ3) is 4.76. The molecule has 3 saturated heterocycles. The van der Waals surface area contributed by atoms with Gasteiger partial charge in [-0.25, -0.2) is 0 Å². The maximum Gasteiger partial charge on any atom is 0.494 e. The second-order valence-electron chi connectivity index (χ2n) is 13.8. The van der Waals surface area contributed by atoms with Gasteiger partial charge in [-0.2, -0.15) is 0 Å². The molecule has 41 heavy (non-hydrogen) atoms. The number of benzene rings is 1. The summed E-state index contributed by atoms with van der Waals surface area (Å²) in [5.41, 5.74) is 1.71. The molecule has 4 fully saturated rings. The van der Waals surface area contributed by atoms with Gasteiger partial charge in [-0.1, -0.05) is 25.1 Å². The van der Waals surface area contributed by atoms with Crippen molar-refractivity contribution >= 4 is 30.1 Å². The Labute approximate surface area is 244 Å². The van der Waals surface area contributed by atoms with Gasteiger partial charge in [-0.3, -0.25) is 14.0 Å². The van der Waals surface area contributed by atoms with Crippen LogP contribution < -0.4 is 10.4 Å². The van der Waals surface area contributed by atoms with Crippen LogP contribution in [0.15, 0.2) is 30.4 Å². The van der Waals surface area contributed by atoms with Crippen LogP contribution in [-0.4, -0.2) is 84.9 Å². The summed E-state index contributed by atoms with van der Waals surface area (Å²) in [7, 11) is -0.498. The van der Waals surface area contributed by atoms with Gasteiger partial charge in [0.15, 0.2) is 0 Å². The zero-order valence-electron chi connectivity index (χ0n) is 25.2. The van der Waals surface area contributed by atoms with Crippen molar-refractivity contribution in [2.24, 2.45) is 0 Å². The van der Waals surface area contributed by atoms with Crippen molar-refractivity contribution < 1.29 is 23.3 Å². The molecule has 1 aromatic rings. The van der Waals surface area contributed by atoms with E-state index in [-0.39, 0.29) is 24.3 Å². The lowest BCUT2D eigenvalue weighted by Crippen LogP contribution is -2.58. The Kier molecular flexibility index (Phi) is 7.39. The first-order valence-corrected chi connectivity index (χ1v) is 15.6. The highest BCUT2D eigenvalue weighted by Gasteiger charge is 2.57. The van der Waals surface area contributed by atoms with Crippen LogP contribution in [0.4, 0.5) is 10.1 Å². The molecule has 0 N–H and O–H groups in total. The lowest BCUT2D eigenvalue weighted by atomic mass is 9.71. The number of carbonyl (C=O) groups is 2. The summed E-state index contributed by atoms with van der Waals surface area (Å²) in [6, 6.07) is 7.00. The van der Waals surface area contributed by atoms with Crippen molar-refractivity contribution in [3.63, 3.8) is 0 Å². The zero-order chi connectivity index (χ0) is 29.2. The number of carbonyl (C=O) groups excluding carboxylic acids is 2. The Hall–Kier alpha value is -2.23. The molecule has 2 amide bonds. The second kappa shape index (κ2) is 10.5. The molecule has 0 atom stereocenters. The van der Waals surface area contributed by atoms with E-state index >= 15 is 0 Å². The molecule has 0 unspecified atom stereocenters. The summed E-state index contributed by atoms with van der Waals surface area (Å²) in [6.07, 6.45) is 7.00. The second-order valence-corrected chi connectivity index (χ2v) is 13.8. The highest BCUT2D eigenvalue weighted by atomic mass is 19.1. The van der Waals surface area contributed by atoms with Crippen molar-refractivity contribution in [3.8, 4) is 0 Å². The maximum atomic E-state index is 14.5. The minimum absolute atomic E-state index is 0.0532. The van der Waals surface area contributed by atoms with E-state index in [0.29, 0.717) is 37.5 Å². The number of alkyl halides is 1. The molecule has 4 aliphatic heterocycles. The van der Waals surface area contributed by atoms with Crippen LogP contribution in [0.5, 0.6) is 0 Å². The Balaban J connectivity index is 1.28. The number of amides is 2. The van der Waals surface area contributed by atoms with E-state index in [1.165, 1.54) is 19.3 Å². The van der Waals surface area contributed by atoms with Crippen molar-refractivity contribution in [3.05, 3.63) is 35.9 Å². The SMILES string of the molecule is C=C(CCF)C(=O)N1CCC2(CC1)C(=O)N(C1CC(N3CCCCC3)C1)c1cc(B3OC(C)(C)C(C)(C)O3)ccc12. The molecule has 5 aliphatic rings. The third-order valence-electron chi connectivity index (χ3n) is 10.9. The Morgan fingerprint density at radius 3 is 2.24 bits per heavy atom. The monoisotopic (exact) mass is 565 g/mol. The minimum Gasteiger partial charge on any atom is -0.399 e. The average molecular weight is 566 g/mol. The molecule has 0 bridgehead atoms. The van der Waals surface area contributed by atoms with E-state index in [2.05, 4.69) is 62.3 Å². The lowest BCUT2D eigenvalue weighted by molar-refractivity contribution is -0.133. The van der Waals surface area contributed by atoms with E-state index in [9.17, 15) is 14.0 Å². The number of halogens is 1. The molecule has 4 heterocycles. The standard InChI is InChI=1S/C32H45BFN3O4/c1-22(11-14-34)28(38)36-17-12-32(13-18-36)26-10-9-23(33-40-30(2,3)31(4,5)41-33)19-27(26)37(29(32)39)25-20-24(21-25)35-15-7-6-8-16-35/h9-10,19,24-25H,1,6-8,11-18,20-21H2,2-5H3. The fourth-order valence-corrected chi connectivity index (χ4v) is 7.47. The van der Waals surface area contributed by atoms with E-state index in [4.69, 9.17) is 9.31 Å². The van der Waals surface area contributed by atoms with Gasteiger partial charge >= 0.3 is 7.12 Å². The first-order chi connectivity index (χ1) is 19.5. The van der Waals surface area contributed by atoms with E-state index < -0.39 is 30.4 Å². The number of anilines is 1. The molecule has 1 aliphatic carbocycles. The number of hydrogen-bond donors (Lipinski definition) is 0. The van der Waals surface area contributed by atoms with Gasteiger partial charge in [-0.05, 0) is 96.4 Å². The van der Waals surface area contributed by atoms with E-state index in [1.807, 2.05) is 0 Å². The van der Waals surface area contributed by atoms with Gasteiger partial charge in [-0.15, -0.1) is 0 Å². The molecule has 1 spiro atoms. The lowest BCUT2D eigenvalue weighted by Gasteiger charge is -2.48. The van der Waals surface area contributed by atoms with Crippen molar-refractivity contribution in [2.75, 3.05) is 37.8 Å². The molecule has 9 heteroatoms. The molecule has 1 aromatic carbocycles. The molecule has 222 valence electrons. The van der Waals surface area contributed by atoms with E-state index in [1.54, 1.807) is 4.90 Å². The Morgan fingerprint density at radius 1 is 1.00 bits per heavy atom. The van der Waals surface area contributed by atoms with Crippen molar-refractivity contribution in [1.29, 1.82) is 0 Å². The fourth-order valence-electron chi connectivity index (χ4n) is 7.47. The van der Waals surface area contributed by atoms with Gasteiger partial charge in [0.25, 0.3) is 0 Å². The predicted octanol–water partition coefficient (Wildman–Crippen LogP) is 4.13. The van der Waals surface area contributed by atoms with Crippen LogP contribution in [0.25, 0.3) is 0 Å². The third-order valence-corrected chi connectivity index (χ3v) is 10.9. The van der Waals surface area contributed by atoms with Crippen LogP contribution >= 0.6 is 0 Å². The van der Waals surface area contributed by atoms with Crippen molar-refractivity contribution in [1.82, 2.24) is 9.80 Å². The van der Waals surface area contributed by atoms with Crippen LogP contribution in [0.3, 0.4) is 0 Å². The van der Waals surface area contributed by atoms with Crippen molar-refractivity contribution in [2.45, 2.75) is 108 Å². The first-order valence-electron chi connectivity index (χ1n) is 15.6. The summed E-state index contributed by atoms with van der Waals surface area (Å²) in [5, 5.41) is 0. The summed E-state index contributed by atoms with van der Waals surface area (Å²) in [4.78, 5) is 33.8. The molecule has 0 aromatic heterocycles. The smallest absolute Gasteiger partial charge is 0.399 e.